The number of imidazole rings is 1. The van der Waals surface area contributed by atoms with Gasteiger partial charge < -0.3 is 14.1 Å². The van der Waals surface area contributed by atoms with Gasteiger partial charge in [0.2, 0.25) is 0 Å². The van der Waals surface area contributed by atoms with E-state index in [1.165, 1.54) is 0 Å². The third-order valence-corrected chi connectivity index (χ3v) is 3.92. The molecular formula is C15H13ClN2O2. The molecule has 3 aromatic rings. The molecule has 4 rings (SSSR count). The summed E-state index contributed by atoms with van der Waals surface area (Å²) < 4.78 is 7.75. The number of hydrogen-bond acceptors (Lipinski definition) is 3. The van der Waals surface area contributed by atoms with Gasteiger partial charge in [0.15, 0.2) is 6.10 Å². The maximum atomic E-state index is 10.5. The van der Waals surface area contributed by atoms with Gasteiger partial charge in [0.25, 0.3) is 0 Å². The molecule has 1 atom stereocenters. The van der Waals surface area contributed by atoms with E-state index < -0.39 is 6.10 Å². The number of rotatable bonds is 3. The number of halogens is 1. The molecular weight excluding hydrogens is 276 g/mol. The highest BCUT2D eigenvalue weighted by Crippen LogP contribution is 2.38. The van der Waals surface area contributed by atoms with Crippen LogP contribution in [0.4, 0.5) is 0 Å². The summed E-state index contributed by atoms with van der Waals surface area (Å²) in [6, 6.07) is 7.72. The molecule has 0 amide bonds. The number of hydrogen-bond donors (Lipinski definition) is 1. The second-order valence-corrected chi connectivity index (χ2v) is 5.63. The quantitative estimate of drug-likeness (QED) is 0.799. The minimum atomic E-state index is -0.802. The van der Waals surface area contributed by atoms with Crippen molar-refractivity contribution in [3.63, 3.8) is 0 Å². The third kappa shape index (κ3) is 1.92. The van der Waals surface area contributed by atoms with E-state index >= 15 is 0 Å². The van der Waals surface area contributed by atoms with Crippen LogP contribution in [0.2, 0.25) is 5.02 Å². The summed E-state index contributed by atoms with van der Waals surface area (Å²) in [5.74, 6) is 0.518. The Morgan fingerprint density at radius 3 is 3.00 bits per heavy atom. The first-order valence-electron chi connectivity index (χ1n) is 6.61. The van der Waals surface area contributed by atoms with Gasteiger partial charge in [-0.05, 0) is 37.1 Å². The minimum Gasteiger partial charge on any atom is -0.458 e. The fraction of sp³-hybridized carbons (Fsp3) is 0.267. The Hall–Kier alpha value is -1.78. The van der Waals surface area contributed by atoms with Gasteiger partial charge in [-0.25, -0.2) is 4.98 Å². The summed E-state index contributed by atoms with van der Waals surface area (Å²) in [5.41, 5.74) is 1.50. The number of aliphatic hydroxyl groups excluding tert-OH is 1. The Bertz CT molecular complexity index is 773. The Morgan fingerprint density at radius 1 is 1.35 bits per heavy atom. The zero-order valence-electron chi connectivity index (χ0n) is 10.7. The summed E-state index contributed by atoms with van der Waals surface area (Å²) in [6.07, 6.45) is 4.96. The fourth-order valence-electron chi connectivity index (χ4n) is 2.50. The van der Waals surface area contributed by atoms with Crippen LogP contribution < -0.4 is 0 Å². The SMILES string of the molecule is OC(c1cc2cc(Cl)ccc2o1)c1cncn1C1CC1. The van der Waals surface area contributed by atoms with Crippen LogP contribution in [0.15, 0.2) is 41.2 Å². The van der Waals surface area contributed by atoms with Gasteiger partial charge in [-0.1, -0.05) is 11.6 Å². The molecule has 4 nitrogen and oxygen atoms in total. The van der Waals surface area contributed by atoms with Crippen molar-refractivity contribution < 1.29 is 9.52 Å². The molecule has 0 radical (unpaired) electrons. The third-order valence-electron chi connectivity index (χ3n) is 3.68. The van der Waals surface area contributed by atoms with E-state index in [9.17, 15) is 5.11 Å². The molecule has 0 bridgehead atoms. The van der Waals surface area contributed by atoms with Crippen molar-refractivity contribution in [2.75, 3.05) is 0 Å². The fourth-order valence-corrected chi connectivity index (χ4v) is 2.68. The maximum Gasteiger partial charge on any atom is 0.153 e. The predicted molar refractivity (Wildman–Crippen MR) is 75.8 cm³/mol. The standard InChI is InChI=1S/C15H13ClN2O2/c16-10-1-4-13-9(5-10)6-14(20-13)15(19)12-7-17-8-18(12)11-2-3-11/h1,4-8,11,15,19H,2-3H2. The van der Waals surface area contributed by atoms with Crippen molar-refractivity contribution in [2.45, 2.75) is 25.0 Å². The average molecular weight is 289 g/mol. The van der Waals surface area contributed by atoms with E-state index in [4.69, 9.17) is 16.0 Å². The Balaban J connectivity index is 1.75. The van der Waals surface area contributed by atoms with E-state index in [1.807, 2.05) is 22.8 Å². The molecule has 20 heavy (non-hydrogen) atoms. The normalized spacial score (nSPS) is 16.7. The van der Waals surface area contributed by atoms with E-state index in [0.29, 0.717) is 16.8 Å². The lowest BCUT2D eigenvalue weighted by atomic mass is 10.2. The molecule has 5 heteroatoms. The smallest absolute Gasteiger partial charge is 0.153 e. The Kier molecular flexibility index (Phi) is 2.62. The molecule has 0 saturated heterocycles. The van der Waals surface area contributed by atoms with Crippen LogP contribution >= 0.6 is 11.6 Å². The van der Waals surface area contributed by atoms with Gasteiger partial charge in [-0.2, -0.15) is 0 Å². The van der Waals surface area contributed by atoms with Crippen molar-refractivity contribution in [2.24, 2.45) is 0 Å². The molecule has 1 unspecified atom stereocenters. The van der Waals surface area contributed by atoms with E-state index in [2.05, 4.69) is 4.98 Å². The molecule has 1 N–H and O–H groups in total. The zero-order valence-corrected chi connectivity index (χ0v) is 11.4. The second-order valence-electron chi connectivity index (χ2n) is 5.19. The lowest BCUT2D eigenvalue weighted by Crippen LogP contribution is -2.06. The maximum absolute atomic E-state index is 10.5. The molecule has 1 aliphatic rings. The summed E-state index contributed by atoms with van der Waals surface area (Å²) in [7, 11) is 0. The van der Waals surface area contributed by atoms with Crippen molar-refractivity contribution >= 4 is 22.6 Å². The highest BCUT2D eigenvalue weighted by molar-refractivity contribution is 6.31. The van der Waals surface area contributed by atoms with Gasteiger partial charge >= 0.3 is 0 Å². The van der Waals surface area contributed by atoms with Crippen LogP contribution in [-0.4, -0.2) is 14.7 Å². The largest absolute Gasteiger partial charge is 0.458 e. The zero-order chi connectivity index (χ0) is 13.7. The van der Waals surface area contributed by atoms with Gasteiger partial charge in [0.1, 0.15) is 11.3 Å². The minimum absolute atomic E-state index is 0.473. The van der Waals surface area contributed by atoms with Crippen LogP contribution in [0.3, 0.4) is 0 Å². The monoisotopic (exact) mass is 288 g/mol. The van der Waals surface area contributed by atoms with Crippen LogP contribution in [0.25, 0.3) is 11.0 Å². The molecule has 0 aliphatic heterocycles. The van der Waals surface area contributed by atoms with Crippen LogP contribution in [0, 0.1) is 0 Å². The highest BCUT2D eigenvalue weighted by Gasteiger charge is 2.28. The average Bonchev–Trinajstić information content (AvgIpc) is 3.02. The topological polar surface area (TPSA) is 51.2 Å². The molecule has 2 aromatic heterocycles. The Labute approximate surface area is 120 Å². The number of furan rings is 1. The first kappa shape index (κ1) is 12.0. The lowest BCUT2D eigenvalue weighted by Gasteiger charge is -2.10. The van der Waals surface area contributed by atoms with Crippen LogP contribution in [-0.2, 0) is 0 Å². The molecule has 1 aromatic carbocycles. The lowest BCUT2D eigenvalue weighted by molar-refractivity contribution is 0.183. The number of aliphatic hydroxyl groups is 1. The summed E-state index contributed by atoms with van der Waals surface area (Å²) in [4.78, 5) is 4.14. The van der Waals surface area contributed by atoms with Crippen molar-refractivity contribution in [1.29, 1.82) is 0 Å². The number of nitrogens with zero attached hydrogens (tertiary/aromatic N) is 2. The van der Waals surface area contributed by atoms with Crippen molar-refractivity contribution in [3.8, 4) is 0 Å². The molecule has 0 spiro atoms. The first-order valence-corrected chi connectivity index (χ1v) is 6.99. The number of aromatic nitrogens is 2. The molecule has 102 valence electrons. The van der Waals surface area contributed by atoms with Gasteiger partial charge in [-0.15, -0.1) is 0 Å². The molecule has 1 fully saturated rings. The van der Waals surface area contributed by atoms with E-state index in [-0.39, 0.29) is 0 Å². The van der Waals surface area contributed by atoms with Gasteiger partial charge in [-0.3, -0.25) is 0 Å². The van der Waals surface area contributed by atoms with Gasteiger partial charge in [0, 0.05) is 16.5 Å². The van der Waals surface area contributed by atoms with Crippen molar-refractivity contribution in [1.82, 2.24) is 9.55 Å². The van der Waals surface area contributed by atoms with E-state index in [1.54, 1.807) is 18.6 Å². The first-order chi connectivity index (χ1) is 9.72. The number of benzene rings is 1. The summed E-state index contributed by atoms with van der Waals surface area (Å²) >= 11 is 5.96. The highest BCUT2D eigenvalue weighted by atomic mass is 35.5. The van der Waals surface area contributed by atoms with Crippen LogP contribution in [0.1, 0.15) is 36.4 Å². The molecule has 1 saturated carbocycles. The van der Waals surface area contributed by atoms with Gasteiger partial charge in [0.05, 0.1) is 18.2 Å². The van der Waals surface area contributed by atoms with Crippen molar-refractivity contribution in [3.05, 3.63) is 53.3 Å². The molecule has 1 aliphatic carbocycles. The summed E-state index contributed by atoms with van der Waals surface area (Å²) in [5, 5.41) is 12.1. The predicted octanol–water partition coefficient (Wildman–Crippen LogP) is 3.70. The van der Waals surface area contributed by atoms with Crippen LogP contribution in [0.5, 0.6) is 0 Å². The Morgan fingerprint density at radius 2 is 2.20 bits per heavy atom. The summed E-state index contributed by atoms with van der Waals surface area (Å²) in [6.45, 7) is 0. The molecule has 2 heterocycles. The second kappa shape index (κ2) is 4.36. The number of fused-ring (bicyclic) bond motifs is 1. The van der Waals surface area contributed by atoms with E-state index in [0.717, 1.165) is 29.5 Å².